The van der Waals surface area contributed by atoms with Crippen LogP contribution in [-0.4, -0.2) is 35.5 Å². The van der Waals surface area contributed by atoms with E-state index in [4.69, 9.17) is 9.47 Å². The number of hydrogen-bond acceptors (Lipinski definition) is 6. The molecule has 0 unspecified atom stereocenters. The van der Waals surface area contributed by atoms with Crippen LogP contribution in [0.15, 0.2) is 104 Å². The van der Waals surface area contributed by atoms with E-state index in [-0.39, 0.29) is 34.9 Å². The molecule has 5 rings (SSSR count). The van der Waals surface area contributed by atoms with E-state index in [9.17, 15) is 22.8 Å². The second kappa shape index (κ2) is 13.0. The molecule has 8 nitrogen and oxygen atoms in total. The first-order chi connectivity index (χ1) is 21.1. The molecule has 0 fully saturated rings. The van der Waals surface area contributed by atoms with Gasteiger partial charge in [-0.05, 0) is 74.3 Å². The molecule has 13 heteroatoms. The second-order valence-corrected chi connectivity index (χ2v) is 10.8. The molecule has 1 heterocycles. The number of hydrogen-bond donors (Lipinski definition) is 1. The highest BCUT2D eigenvalue weighted by Crippen LogP contribution is 2.42. The third kappa shape index (κ3) is 6.68. The van der Waals surface area contributed by atoms with Crippen molar-refractivity contribution in [2.24, 2.45) is 5.10 Å². The van der Waals surface area contributed by atoms with E-state index < -0.39 is 23.2 Å². The summed E-state index contributed by atoms with van der Waals surface area (Å²) in [6, 6.07) is 21.5. The summed E-state index contributed by atoms with van der Waals surface area (Å²) in [5.41, 5.74) is -0.0780. The second-order valence-electron chi connectivity index (χ2n) is 9.22. The van der Waals surface area contributed by atoms with Gasteiger partial charge < -0.3 is 14.8 Å². The zero-order valence-corrected chi connectivity index (χ0v) is 25.9. The Balaban J connectivity index is 1.52. The minimum Gasteiger partial charge on any atom is -0.493 e. The summed E-state index contributed by atoms with van der Waals surface area (Å²) in [7, 11) is 1.41. The van der Waals surface area contributed by atoms with Crippen LogP contribution in [0.5, 0.6) is 11.5 Å². The van der Waals surface area contributed by atoms with Crippen LogP contribution in [0.25, 0.3) is 22.3 Å². The molecule has 0 spiro atoms. The van der Waals surface area contributed by atoms with Gasteiger partial charge in [-0.1, -0.05) is 42.5 Å². The Hall–Kier alpha value is -4.49. The van der Waals surface area contributed by atoms with Gasteiger partial charge in [0.05, 0.1) is 34.3 Å². The smallest absolute Gasteiger partial charge is 0.416 e. The maximum atomic E-state index is 13.5. The maximum absolute atomic E-state index is 13.5. The van der Waals surface area contributed by atoms with Gasteiger partial charge in [-0.25, -0.2) is 4.98 Å². The molecule has 0 aliphatic rings. The van der Waals surface area contributed by atoms with E-state index in [2.05, 4.69) is 47.3 Å². The van der Waals surface area contributed by atoms with Gasteiger partial charge in [-0.15, -0.1) is 0 Å². The summed E-state index contributed by atoms with van der Waals surface area (Å²) in [6.07, 6.45) is -3.26. The number of nitrogens with one attached hydrogen (secondary N) is 1. The fraction of sp³-hybridized carbons (Fsp3) is 0.0968. The minimum atomic E-state index is -4.60. The average molecular weight is 730 g/mol. The van der Waals surface area contributed by atoms with Crippen LogP contribution in [0.3, 0.4) is 0 Å². The third-order valence-corrected chi connectivity index (χ3v) is 8.44. The van der Waals surface area contributed by atoms with Crippen molar-refractivity contribution in [3.63, 3.8) is 0 Å². The molecule has 5 aromatic rings. The van der Waals surface area contributed by atoms with Crippen molar-refractivity contribution in [1.82, 2.24) is 9.66 Å². The Morgan fingerprint density at radius 1 is 1.00 bits per heavy atom. The summed E-state index contributed by atoms with van der Waals surface area (Å²) in [5, 5.41) is 7.31. The van der Waals surface area contributed by atoms with Crippen molar-refractivity contribution in [2.75, 3.05) is 19.0 Å². The largest absolute Gasteiger partial charge is 0.493 e. The number of nitrogens with zero attached hydrogens (tertiary/aromatic N) is 3. The van der Waals surface area contributed by atoms with E-state index >= 15 is 0 Å². The topological polar surface area (TPSA) is 94.8 Å². The molecule has 1 amide bonds. The first-order valence-electron chi connectivity index (χ1n) is 12.8. The summed E-state index contributed by atoms with van der Waals surface area (Å²) in [6.45, 7) is -0.317. The summed E-state index contributed by atoms with van der Waals surface area (Å²) in [4.78, 5) is 30.4. The number of amides is 1. The van der Waals surface area contributed by atoms with Crippen LogP contribution in [0, 0.1) is 0 Å². The highest BCUT2D eigenvalue weighted by molar-refractivity contribution is 9.13. The van der Waals surface area contributed by atoms with Crippen LogP contribution in [0.1, 0.15) is 11.1 Å². The Morgan fingerprint density at radius 2 is 1.73 bits per heavy atom. The Kier molecular flexibility index (Phi) is 9.16. The summed E-state index contributed by atoms with van der Waals surface area (Å²) < 4.78 is 53.5. The van der Waals surface area contributed by atoms with Gasteiger partial charge in [0.25, 0.3) is 11.5 Å². The first kappa shape index (κ1) is 31.0. The Bertz CT molecular complexity index is 1950. The van der Waals surface area contributed by atoms with Gasteiger partial charge in [-0.2, -0.15) is 22.9 Å². The first-order valence-corrected chi connectivity index (χ1v) is 14.4. The van der Waals surface area contributed by atoms with E-state index in [0.717, 1.165) is 16.8 Å². The molecule has 224 valence electrons. The van der Waals surface area contributed by atoms with Crippen molar-refractivity contribution in [1.29, 1.82) is 0 Å². The van der Waals surface area contributed by atoms with Crippen LogP contribution in [-0.2, 0) is 11.0 Å². The molecule has 0 saturated carbocycles. The third-order valence-electron chi connectivity index (χ3n) is 6.30. The number of benzene rings is 4. The molecule has 0 aliphatic heterocycles. The molecule has 0 bridgehead atoms. The van der Waals surface area contributed by atoms with Crippen molar-refractivity contribution in [3.05, 3.63) is 115 Å². The number of anilines is 1. The average Bonchev–Trinajstić information content (AvgIpc) is 3.02. The number of halogens is 5. The number of aromatic nitrogens is 2. The lowest BCUT2D eigenvalue weighted by molar-refractivity contribution is -0.137. The summed E-state index contributed by atoms with van der Waals surface area (Å²) >= 11 is 6.94. The zero-order valence-electron chi connectivity index (χ0n) is 22.7. The highest BCUT2D eigenvalue weighted by atomic mass is 79.9. The number of carbonyl (C=O) groups excluding carboxylic acids is 1. The molecule has 0 aliphatic carbocycles. The molecule has 1 N–H and O–H groups in total. The van der Waals surface area contributed by atoms with Gasteiger partial charge in [0.15, 0.2) is 23.9 Å². The molecular weight excluding hydrogens is 709 g/mol. The van der Waals surface area contributed by atoms with E-state index in [1.807, 2.05) is 6.07 Å². The van der Waals surface area contributed by atoms with Crippen LogP contribution < -0.4 is 20.3 Å². The lowest BCUT2D eigenvalue weighted by atomic mass is 10.1. The van der Waals surface area contributed by atoms with E-state index in [1.54, 1.807) is 54.6 Å². The van der Waals surface area contributed by atoms with E-state index in [1.165, 1.54) is 25.5 Å². The van der Waals surface area contributed by atoms with Crippen LogP contribution in [0.2, 0.25) is 0 Å². The number of methoxy groups -OCH3 is 1. The molecule has 1 aromatic heterocycles. The maximum Gasteiger partial charge on any atom is 0.416 e. The molecule has 0 atom stereocenters. The van der Waals surface area contributed by atoms with Crippen LogP contribution in [0.4, 0.5) is 18.9 Å². The number of para-hydroxylation sites is 2. The molecule has 0 saturated heterocycles. The quantitative estimate of drug-likeness (QED) is 0.167. The Labute approximate surface area is 265 Å². The van der Waals surface area contributed by atoms with Crippen molar-refractivity contribution in [2.45, 2.75) is 6.18 Å². The normalized spacial score (nSPS) is 11.6. The molecule has 0 radical (unpaired) electrons. The van der Waals surface area contributed by atoms with Gasteiger partial charge in [0.1, 0.15) is 0 Å². The molecule has 4 aromatic carbocycles. The number of rotatable bonds is 8. The van der Waals surface area contributed by atoms with Gasteiger partial charge in [0, 0.05) is 21.3 Å². The molecule has 44 heavy (non-hydrogen) atoms. The lowest BCUT2D eigenvalue weighted by Gasteiger charge is -2.15. The predicted molar refractivity (Wildman–Crippen MR) is 168 cm³/mol. The zero-order chi connectivity index (χ0) is 31.4. The summed E-state index contributed by atoms with van der Waals surface area (Å²) in [5.74, 6) is 0.00449. The number of fused-ring (bicyclic) bond motifs is 1. The standard InChI is InChI=1S/C31H21Br2F3N4O4/c1-43-24-15-19(26(32)27(33)28(24)44-17-25(41)38-21-10-3-2-4-11-21)16-37-40-29(18-8-7-9-20(14-18)31(34,35)36)39-23-13-6-5-12-22(23)30(40)42/h2-16H,17H2,1H3,(H,38,41). The SMILES string of the molecule is COc1cc(C=Nn2c(-c3cccc(C(F)(F)F)c3)nc3ccccc3c2=O)c(Br)c(Br)c1OCC(=O)Nc1ccccc1. The molecular formula is C31H21Br2F3N4O4. The van der Waals surface area contributed by atoms with Gasteiger partial charge in [0.2, 0.25) is 0 Å². The van der Waals surface area contributed by atoms with Gasteiger partial charge >= 0.3 is 6.18 Å². The lowest BCUT2D eigenvalue weighted by Crippen LogP contribution is -2.21. The highest BCUT2D eigenvalue weighted by Gasteiger charge is 2.31. The predicted octanol–water partition coefficient (Wildman–Crippen LogP) is 7.52. The fourth-order valence-electron chi connectivity index (χ4n) is 4.21. The minimum absolute atomic E-state index is 0.0511. The number of carbonyl (C=O) groups is 1. The Morgan fingerprint density at radius 3 is 2.45 bits per heavy atom. The number of alkyl halides is 3. The van der Waals surface area contributed by atoms with Gasteiger partial charge in [-0.3, -0.25) is 9.59 Å². The number of ether oxygens (including phenoxy) is 2. The van der Waals surface area contributed by atoms with Crippen molar-refractivity contribution in [3.8, 4) is 22.9 Å². The van der Waals surface area contributed by atoms with Crippen molar-refractivity contribution < 1.29 is 27.4 Å². The monoisotopic (exact) mass is 728 g/mol. The van der Waals surface area contributed by atoms with Crippen LogP contribution >= 0.6 is 31.9 Å². The van der Waals surface area contributed by atoms with E-state index in [0.29, 0.717) is 25.7 Å². The fourth-order valence-corrected chi connectivity index (χ4v) is 5.15. The van der Waals surface area contributed by atoms with Crippen molar-refractivity contribution >= 4 is 60.6 Å².